The number of nitrogens with one attached hydrogen (secondary N) is 2. The van der Waals surface area contributed by atoms with Gasteiger partial charge in [-0.05, 0) is 48.6 Å². The molecule has 0 saturated carbocycles. The van der Waals surface area contributed by atoms with E-state index in [-0.39, 0.29) is 34.9 Å². The maximum Gasteiger partial charge on any atom is 0.319 e. The molecule has 2 N–H and O–H groups in total. The number of hydrogen-bond acceptors (Lipinski definition) is 10. The van der Waals surface area contributed by atoms with Gasteiger partial charge in [-0.15, -0.1) is 11.5 Å². The van der Waals surface area contributed by atoms with Crippen LogP contribution >= 0.6 is 11.9 Å². The lowest BCUT2D eigenvalue weighted by atomic mass is 9.96. The number of piperazine rings is 1. The highest BCUT2D eigenvalue weighted by molar-refractivity contribution is 7.97. The summed E-state index contributed by atoms with van der Waals surface area (Å²) in [6.07, 6.45) is 11.7. The molecule has 51 heavy (non-hydrogen) atoms. The zero-order valence-corrected chi connectivity index (χ0v) is 28.3. The third-order valence-corrected chi connectivity index (χ3v) is 9.90. The van der Waals surface area contributed by atoms with Gasteiger partial charge in [0, 0.05) is 71.3 Å². The van der Waals surface area contributed by atoms with E-state index in [2.05, 4.69) is 46.5 Å². The van der Waals surface area contributed by atoms with Gasteiger partial charge in [0.2, 0.25) is 0 Å². The van der Waals surface area contributed by atoms with Gasteiger partial charge in [-0.25, -0.2) is 13.8 Å². The molecule has 2 aliphatic rings. The second-order valence-electron chi connectivity index (χ2n) is 12.4. The summed E-state index contributed by atoms with van der Waals surface area (Å²) in [7, 11) is 0. The number of amides is 1. The van der Waals surface area contributed by atoms with Crippen molar-refractivity contribution in [3.05, 3.63) is 90.1 Å². The highest BCUT2D eigenvalue weighted by Crippen LogP contribution is 2.37. The Labute approximate surface area is 296 Å². The minimum atomic E-state index is -0.738. The third-order valence-electron chi connectivity index (χ3n) is 9.06. The molecule has 2 bridgehead atoms. The maximum atomic E-state index is 16.7. The summed E-state index contributed by atoms with van der Waals surface area (Å²) in [6.45, 7) is 2.89. The number of halogens is 2. The molecule has 8 rings (SSSR count). The van der Waals surface area contributed by atoms with Gasteiger partial charge in [0.15, 0.2) is 18.2 Å². The molecule has 0 spiro atoms. The number of carbonyl (C=O) groups excluding carboxylic acids is 1. The molecule has 11 nitrogen and oxygen atoms in total. The Bertz CT molecular complexity index is 2330. The van der Waals surface area contributed by atoms with Crippen molar-refractivity contribution in [3.63, 3.8) is 0 Å². The van der Waals surface area contributed by atoms with Crippen LogP contribution in [0, 0.1) is 24.0 Å². The van der Waals surface area contributed by atoms with Gasteiger partial charge < -0.3 is 20.3 Å². The van der Waals surface area contributed by atoms with E-state index in [4.69, 9.17) is 11.2 Å². The van der Waals surface area contributed by atoms with Crippen LogP contribution in [0.2, 0.25) is 0 Å². The molecular weight excluding hydrogens is 673 g/mol. The number of anilines is 2. The van der Waals surface area contributed by atoms with E-state index < -0.39 is 24.1 Å². The molecule has 256 valence electrons. The van der Waals surface area contributed by atoms with Crippen molar-refractivity contribution in [2.45, 2.75) is 43.2 Å². The third kappa shape index (κ3) is 6.42. The van der Waals surface area contributed by atoms with Crippen LogP contribution in [0.4, 0.5) is 20.3 Å². The number of nitrogens with zero attached hydrogens (tertiary/aromatic N) is 7. The molecule has 3 aromatic heterocycles. The van der Waals surface area contributed by atoms with E-state index in [0.717, 1.165) is 30.0 Å². The molecule has 2 atom stereocenters. The van der Waals surface area contributed by atoms with Crippen LogP contribution in [0.25, 0.3) is 32.9 Å². The van der Waals surface area contributed by atoms with Crippen LogP contribution in [0.1, 0.15) is 31.2 Å². The first-order valence-corrected chi connectivity index (χ1v) is 17.3. The molecule has 14 heteroatoms. The van der Waals surface area contributed by atoms with Crippen LogP contribution < -0.4 is 20.3 Å². The molecule has 2 aliphatic heterocycles. The van der Waals surface area contributed by atoms with Crippen molar-refractivity contribution in [1.29, 1.82) is 0 Å². The van der Waals surface area contributed by atoms with Crippen molar-refractivity contribution in [2.75, 3.05) is 29.9 Å². The molecular formula is C37H31F2N9O2S. The van der Waals surface area contributed by atoms with E-state index in [1.54, 1.807) is 46.8 Å². The first-order chi connectivity index (χ1) is 24.9. The monoisotopic (exact) mass is 703 g/mol. The second-order valence-corrected chi connectivity index (χ2v) is 13.4. The van der Waals surface area contributed by atoms with Crippen molar-refractivity contribution in [1.82, 2.24) is 34.4 Å². The zero-order chi connectivity index (χ0) is 35.1. The Morgan fingerprint density at radius 2 is 1.88 bits per heavy atom. The molecule has 0 radical (unpaired) electrons. The number of aromatic nitrogens is 6. The first kappa shape index (κ1) is 32.5. The number of carbonyl (C=O) groups is 1. The molecule has 5 heterocycles. The van der Waals surface area contributed by atoms with Gasteiger partial charge in [0.1, 0.15) is 29.2 Å². The van der Waals surface area contributed by atoms with Crippen molar-refractivity contribution in [2.24, 2.45) is 0 Å². The van der Waals surface area contributed by atoms with Crippen LogP contribution in [0.15, 0.2) is 72.0 Å². The van der Waals surface area contributed by atoms with Gasteiger partial charge in [-0.3, -0.25) is 9.78 Å². The number of pyridine rings is 1. The smallest absolute Gasteiger partial charge is 0.319 e. The molecule has 2 unspecified atom stereocenters. The summed E-state index contributed by atoms with van der Waals surface area (Å²) >= 11 is 1.40. The fourth-order valence-corrected chi connectivity index (χ4v) is 7.40. The summed E-state index contributed by atoms with van der Waals surface area (Å²) in [5, 5.41) is 12.2. The fraction of sp³-hybridized carbons (Fsp3) is 0.243. The SMILES string of the molecule is C#Cc1c(F)ccc2cccc(-c3ncc4c(N5CC6CCC(C5)N6)nc(OCC(=O)Nc5ccc(Sn6cnc(CC)n6)cc5)nc4c3F)c12. The summed E-state index contributed by atoms with van der Waals surface area (Å²) in [5.74, 6) is 1.87. The normalized spacial score (nSPS) is 16.8. The number of rotatable bonds is 9. The van der Waals surface area contributed by atoms with Crippen molar-refractivity contribution >= 4 is 51.0 Å². The number of benzene rings is 3. The minimum Gasteiger partial charge on any atom is -0.453 e. The molecule has 6 aromatic rings. The topological polar surface area (TPSA) is 123 Å². The minimum absolute atomic E-state index is 0.0215. The molecule has 1 amide bonds. The molecule has 2 fully saturated rings. The summed E-state index contributed by atoms with van der Waals surface area (Å²) in [4.78, 5) is 33.9. The summed E-state index contributed by atoms with van der Waals surface area (Å²) in [5.41, 5.74) is 0.844. The Morgan fingerprint density at radius 1 is 1.08 bits per heavy atom. The highest BCUT2D eigenvalue weighted by atomic mass is 32.2. The predicted octanol–water partition coefficient (Wildman–Crippen LogP) is 5.77. The van der Waals surface area contributed by atoms with E-state index in [9.17, 15) is 9.18 Å². The van der Waals surface area contributed by atoms with Gasteiger partial charge in [-0.2, -0.15) is 14.1 Å². The van der Waals surface area contributed by atoms with E-state index in [1.807, 2.05) is 19.1 Å². The zero-order valence-electron chi connectivity index (χ0n) is 27.4. The summed E-state index contributed by atoms with van der Waals surface area (Å²) < 4.78 is 39.0. The van der Waals surface area contributed by atoms with E-state index in [1.165, 1.54) is 24.2 Å². The number of ether oxygens (including phenoxy) is 1. The van der Waals surface area contributed by atoms with Crippen molar-refractivity contribution < 1.29 is 18.3 Å². The first-order valence-electron chi connectivity index (χ1n) is 16.5. The summed E-state index contributed by atoms with van der Waals surface area (Å²) in [6, 6.07) is 15.7. The maximum absolute atomic E-state index is 16.7. The highest BCUT2D eigenvalue weighted by Gasteiger charge is 2.34. The van der Waals surface area contributed by atoms with Crippen LogP contribution in [0.5, 0.6) is 6.01 Å². The van der Waals surface area contributed by atoms with Crippen LogP contribution in [0.3, 0.4) is 0 Å². The standard InChI is InChI=1S/C37H31F2N9O2S/c1-3-26-29(38)15-8-21-6-5-7-27(32(21)26)34-33(39)35-28(16-40-34)36(47-17-23-9-10-24(18-47)42-23)45-37(44-35)50-19-31(49)43-22-11-13-25(14-12-22)51-48-20-41-30(4-2)46-48/h1,5-8,11-16,20,23-24,42H,4,9-10,17-19H2,2H3,(H,43,49). The van der Waals surface area contributed by atoms with Gasteiger partial charge >= 0.3 is 6.01 Å². The second kappa shape index (κ2) is 13.6. The van der Waals surface area contributed by atoms with Crippen molar-refractivity contribution in [3.8, 4) is 29.6 Å². The average Bonchev–Trinajstić information content (AvgIpc) is 3.75. The van der Waals surface area contributed by atoms with E-state index >= 15 is 4.39 Å². The number of terminal acetylenes is 1. The fourth-order valence-electron chi connectivity index (χ4n) is 6.70. The largest absolute Gasteiger partial charge is 0.453 e. The molecule has 2 saturated heterocycles. The number of fused-ring (bicyclic) bond motifs is 4. The Morgan fingerprint density at radius 3 is 2.63 bits per heavy atom. The van der Waals surface area contributed by atoms with Gasteiger partial charge in [0.25, 0.3) is 5.91 Å². The lowest BCUT2D eigenvalue weighted by molar-refractivity contribution is -0.118. The van der Waals surface area contributed by atoms with Crippen LogP contribution in [-0.2, 0) is 11.2 Å². The average molecular weight is 704 g/mol. The van der Waals surface area contributed by atoms with Crippen LogP contribution in [-0.4, -0.2) is 66.8 Å². The predicted molar refractivity (Wildman–Crippen MR) is 192 cm³/mol. The molecule has 0 aliphatic carbocycles. The molecule has 3 aromatic carbocycles. The quantitative estimate of drug-likeness (QED) is 0.180. The number of aryl methyl sites for hydroxylation is 1. The van der Waals surface area contributed by atoms with Gasteiger partial charge in [-0.1, -0.05) is 37.1 Å². The Hall–Kier alpha value is -5.65. The Balaban J connectivity index is 1.09. The lowest BCUT2D eigenvalue weighted by Crippen LogP contribution is -2.51. The van der Waals surface area contributed by atoms with E-state index in [0.29, 0.717) is 46.3 Å². The van der Waals surface area contributed by atoms with Gasteiger partial charge in [0.05, 0.1) is 10.9 Å². The Kier molecular flexibility index (Phi) is 8.66. The number of hydrogen-bond donors (Lipinski definition) is 2. The lowest BCUT2D eigenvalue weighted by Gasteiger charge is -2.34.